The number of aliphatic carboxylic acids is 2. The zero-order valence-corrected chi connectivity index (χ0v) is 15.0. The lowest BCUT2D eigenvalue weighted by Crippen LogP contribution is -2.47. The van der Waals surface area contributed by atoms with Crippen LogP contribution in [0.4, 0.5) is 0 Å². The van der Waals surface area contributed by atoms with E-state index in [-0.39, 0.29) is 56.8 Å². The molecule has 0 spiro atoms. The number of Topliss-reactive ketones (excluding diaryl/α,β-unsaturated/α-hetero) is 2. The monoisotopic (exact) mass is 373 g/mol. The van der Waals surface area contributed by atoms with Crippen molar-refractivity contribution in [2.45, 2.75) is 51.1 Å². The predicted octanol–water partition coefficient (Wildman–Crippen LogP) is -1.07. The summed E-state index contributed by atoms with van der Waals surface area (Å²) < 4.78 is 0. The number of nitrogens with one attached hydrogen (secondary N) is 3. The highest BCUT2D eigenvalue weighted by Crippen LogP contribution is 2.02. The Balaban J connectivity index is 4.36. The Hall–Kier alpha value is -2.33. The standard InChI is InChI=1S/C16H27N3O7/c1-3-13(21)11(4-6-14(22)23)18-8-10(20)9-19-16(26)12(17-2)5-7-15(24)25/h11-12,17-18H,3-9H2,1-2H3,(H,19,26)(H,22,23)(H,24,25)/t11-,12-/m0/s1. The van der Waals surface area contributed by atoms with Crippen LogP contribution >= 0.6 is 0 Å². The molecule has 0 aliphatic heterocycles. The lowest BCUT2D eigenvalue weighted by molar-refractivity contribution is -0.138. The van der Waals surface area contributed by atoms with Gasteiger partial charge in [0.25, 0.3) is 0 Å². The van der Waals surface area contributed by atoms with Crippen LogP contribution in [-0.4, -0.2) is 71.8 Å². The highest BCUT2D eigenvalue weighted by molar-refractivity contribution is 5.90. The summed E-state index contributed by atoms with van der Waals surface area (Å²) in [6.07, 6.45) is 0.0151. The number of hydrogen-bond acceptors (Lipinski definition) is 7. The predicted molar refractivity (Wildman–Crippen MR) is 91.7 cm³/mol. The van der Waals surface area contributed by atoms with E-state index in [1.54, 1.807) is 6.92 Å². The Labute approximate surface area is 151 Å². The molecule has 0 saturated heterocycles. The fraction of sp³-hybridized carbons (Fsp3) is 0.688. The summed E-state index contributed by atoms with van der Waals surface area (Å²) in [4.78, 5) is 56.7. The molecule has 2 atom stereocenters. The van der Waals surface area contributed by atoms with Crippen LogP contribution in [0.2, 0.25) is 0 Å². The van der Waals surface area contributed by atoms with Gasteiger partial charge in [-0.15, -0.1) is 0 Å². The molecular formula is C16H27N3O7. The van der Waals surface area contributed by atoms with Gasteiger partial charge in [-0.3, -0.25) is 24.0 Å². The zero-order valence-electron chi connectivity index (χ0n) is 15.0. The van der Waals surface area contributed by atoms with Crippen molar-refractivity contribution in [3.63, 3.8) is 0 Å². The van der Waals surface area contributed by atoms with E-state index in [4.69, 9.17) is 10.2 Å². The first kappa shape index (κ1) is 23.7. The largest absolute Gasteiger partial charge is 0.481 e. The highest BCUT2D eigenvalue weighted by Gasteiger charge is 2.20. The van der Waals surface area contributed by atoms with Crippen LogP contribution in [0.3, 0.4) is 0 Å². The molecule has 10 heteroatoms. The van der Waals surface area contributed by atoms with Crippen LogP contribution in [-0.2, 0) is 24.0 Å². The van der Waals surface area contributed by atoms with Gasteiger partial charge in [-0.1, -0.05) is 6.92 Å². The van der Waals surface area contributed by atoms with Gasteiger partial charge in [-0.05, 0) is 19.9 Å². The van der Waals surface area contributed by atoms with Crippen LogP contribution in [0.15, 0.2) is 0 Å². The summed E-state index contributed by atoms with van der Waals surface area (Å²) in [7, 11) is 1.51. The number of hydrogen-bond donors (Lipinski definition) is 5. The number of likely N-dealkylation sites (N-methyl/N-ethyl adjacent to an activating group) is 1. The first-order valence-electron chi connectivity index (χ1n) is 8.37. The zero-order chi connectivity index (χ0) is 20.1. The van der Waals surface area contributed by atoms with Gasteiger partial charge in [-0.2, -0.15) is 0 Å². The minimum atomic E-state index is -1.03. The van der Waals surface area contributed by atoms with Crippen molar-refractivity contribution in [2.75, 3.05) is 20.1 Å². The summed E-state index contributed by atoms with van der Waals surface area (Å²) in [6.45, 7) is 1.19. The van der Waals surface area contributed by atoms with Gasteiger partial charge in [0.05, 0.1) is 25.2 Å². The molecule has 0 unspecified atom stereocenters. The van der Waals surface area contributed by atoms with Gasteiger partial charge >= 0.3 is 11.9 Å². The molecule has 0 aromatic heterocycles. The Kier molecular flexibility index (Phi) is 11.8. The fourth-order valence-electron chi connectivity index (χ4n) is 2.17. The second-order valence-electron chi connectivity index (χ2n) is 5.72. The van der Waals surface area contributed by atoms with Crippen molar-refractivity contribution >= 4 is 29.4 Å². The van der Waals surface area contributed by atoms with Crippen LogP contribution in [0.5, 0.6) is 0 Å². The minimum Gasteiger partial charge on any atom is -0.481 e. The first-order valence-corrected chi connectivity index (χ1v) is 8.37. The van der Waals surface area contributed by atoms with Crippen LogP contribution in [0.1, 0.15) is 39.0 Å². The van der Waals surface area contributed by atoms with E-state index < -0.39 is 29.9 Å². The summed E-state index contributed by atoms with van der Waals surface area (Å²) in [5, 5.41) is 25.1. The summed E-state index contributed by atoms with van der Waals surface area (Å²) in [5.74, 6) is -3.11. The fourth-order valence-corrected chi connectivity index (χ4v) is 2.17. The molecule has 0 aromatic carbocycles. The normalized spacial score (nSPS) is 12.8. The van der Waals surface area contributed by atoms with Crippen LogP contribution in [0.25, 0.3) is 0 Å². The van der Waals surface area contributed by atoms with Gasteiger partial charge < -0.3 is 26.2 Å². The molecule has 1 amide bonds. The lowest BCUT2D eigenvalue weighted by Gasteiger charge is -2.17. The number of amides is 1. The third-order valence-electron chi connectivity index (χ3n) is 3.70. The SMILES string of the molecule is CCC(=O)[C@H](CCC(=O)O)NCC(=O)CNC(=O)[C@H](CCC(=O)O)NC. The van der Waals surface area contributed by atoms with Crippen molar-refractivity contribution in [2.24, 2.45) is 0 Å². The topological polar surface area (TPSA) is 162 Å². The summed E-state index contributed by atoms with van der Waals surface area (Å²) >= 11 is 0. The molecule has 0 fully saturated rings. The Morgan fingerprint density at radius 3 is 1.88 bits per heavy atom. The van der Waals surface area contributed by atoms with Crippen molar-refractivity contribution < 1.29 is 34.2 Å². The Bertz CT molecular complexity index is 522. The average Bonchev–Trinajstić information content (AvgIpc) is 2.59. The van der Waals surface area contributed by atoms with E-state index in [2.05, 4.69) is 16.0 Å². The number of carboxylic acid groups (broad SMARTS) is 2. The number of carbonyl (C=O) groups is 5. The lowest BCUT2D eigenvalue weighted by atomic mass is 10.0. The van der Waals surface area contributed by atoms with Crippen LogP contribution in [0, 0.1) is 0 Å². The Morgan fingerprint density at radius 2 is 1.42 bits per heavy atom. The van der Waals surface area contributed by atoms with E-state index in [9.17, 15) is 24.0 Å². The molecule has 0 aliphatic rings. The van der Waals surface area contributed by atoms with Crippen molar-refractivity contribution in [3.8, 4) is 0 Å². The van der Waals surface area contributed by atoms with Gasteiger partial charge in [-0.25, -0.2) is 0 Å². The Morgan fingerprint density at radius 1 is 0.885 bits per heavy atom. The second kappa shape index (κ2) is 13.0. The van der Waals surface area contributed by atoms with Crippen molar-refractivity contribution in [3.05, 3.63) is 0 Å². The maximum atomic E-state index is 11.9. The number of rotatable bonds is 15. The average molecular weight is 373 g/mol. The molecule has 5 N–H and O–H groups in total. The van der Waals surface area contributed by atoms with Gasteiger partial charge in [0.1, 0.15) is 5.78 Å². The molecule has 0 aromatic rings. The van der Waals surface area contributed by atoms with Gasteiger partial charge in [0.2, 0.25) is 5.91 Å². The maximum absolute atomic E-state index is 11.9. The molecule has 0 radical (unpaired) electrons. The molecule has 26 heavy (non-hydrogen) atoms. The quantitative estimate of drug-likeness (QED) is 0.240. The maximum Gasteiger partial charge on any atom is 0.303 e. The number of carbonyl (C=O) groups excluding carboxylic acids is 3. The third-order valence-corrected chi connectivity index (χ3v) is 3.70. The van der Waals surface area contributed by atoms with E-state index in [1.807, 2.05) is 0 Å². The first-order chi connectivity index (χ1) is 12.2. The molecular weight excluding hydrogens is 346 g/mol. The smallest absolute Gasteiger partial charge is 0.303 e. The number of ketones is 2. The molecule has 148 valence electrons. The molecule has 0 rings (SSSR count). The third kappa shape index (κ3) is 10.5. The van der Waals surface area contributed by atoms with Gasteiger partial charge in [0.15, 0.2) is 5.78 Å². The van der Waals surface area contributed by atoms with E-state index in [1.165, 1.54) is 7.05 Å². The summed E-state index contributed by atoms with van der Waals surface area (Å²) in [6, 6.07) is -1.45. The number of carboxylic acids is 2. The van der Waals surface area contributed by atoms with E-state index >= 15 is 0 Å². The van der Waals surface area contributed by atoms with Crippen LogP contribution < -0.4 is 16.0 Å². The molecule has 0 aliphatic carbocycles. The van der Waals surface area contributed by atoms with E-state index in [0.717, 1.165) is 0 Å². The van der Waals surface area contributed by atoms with Crippen molar-refractivity contribution in [1.29, 1.82) is 0 Å². The summed E-state index contributed by atoms with van der Waals surface area (Å²) in [5.41, 5.74) is 0. The molecule has 10 nitrogen and oxygen atoms in total. The highest BCUT2D eigenvalue weighted by atomic mass is 16.4. The second-order valence-corrected chi connectivity index (χ2v) is 5.72. The molecule has 0 bridgehead atoms. The molecule has 0 saturated carbocycles. The van der Waals surface area contributed by atoms with Gasteiger partial charge in [0, 0.05) is 19.3 Å². The molecule has 0 heterocycles. The van der Waals surface area contributed by atoms with E-state index in [0.29, 0.717) is 0 Å². The minimum absolute atomic E-state index is 0.0820. The van der Waals surface area contributed by atoms with Crippen molar-refractivity contribution in [1.82, 2.24) is 16.0 Å².